The molecule has 88 valence electrons. The van der Waals surface area contributed by atoms with Gasteiger partial charge < -0.3 is 5.73 Å². The van der Waals surface area contributed by atoms with Gasteiger partial charge in [0.05, 0.1) is 0 Å². The van der Waals surface area contributed by atoms with E-state index in [1.807, 2.05) is 6.07 Å². The van der Waals surface area contributed by atoms with Crippen molar-refractivity contribution in [3.63, 3.8) is 0 Å². The standard InChI is InChI=1S/C13H19FN2/c1-10-5-6-16(9-10)13(8-15)11-3-2-4-12(14)7-11/h2-4,7,10,13H,5-6,8-9,15H2,1H3. The van der Waals surface area contributed by atoms with Crippen molar-refractivity contribution in [1.82, 2.24) is 4.90 Å². The Bertz CT molecular complexity index is 354. The Morgan fingerprint density at radius 2 is 2.38 bits per heavy atom. The Morgan fingerprint density at radius 1 is 1.56 bits per heavy atom. The van der Waals surface area contributed by atoms with Crippen LogP contribution >= 0.6 is 0 Å². The molecule has 1 aliphatic heterocycles. The van der Waals surface area contributed by atoms with Gasteiger partial charge in [-0.3, -0.25) is 4.90 Å². The Morgan fingerprint density at radius 3 is 2.94 bits per heavy atom. The van der Waals surface area contributed by atoms with E-state index in [2.05, 4.69) is 11.8 Å². The number of rotatable bonds is 3. The molecule has 0 amide bonds. The summed E-state index contributed by atoms with van der Waals surface area (Å²) in [6.45, 7) is 4.94. The van der Waals surface area contributed by atoms with Crippen LogP contribution in [0.3, 0.4) is 0 Å². The first kappa shape index (κ1) is 11.6. The van der Waals surface area contributed by atoms with E-state index in [1.165, 1.54) is 12.5 Å². The quantitative estimate of drug-likeness (QED) is 0.849. The molecule has 0 radical (unpaired) electrons. The van der Waals surface area contributed by atoms with Gasteiger partial charge in [-0.1, -0.05) is 19.1 Å². The monoisotopic (exact) mass is 222 g/mol. The summed E-state index contributed by atoms with van der Waals surface area (Å²) in [5.74, 6) is 0.547. The van der Waals surface area contributed by atoms with Crippen molar-refractivity contribution in [3.8, 4) is 0 Å². The molecular weight excluding hydrogens is 203 g/mol. The van der Waals surface area contributed by atoms with Gasteiger partial charge in [-0.2, -0.15) is 0 Å². The number of halogens is 1. The fourth-order valence-electron chi connectivity index (χ4n) is 2.46. The van der Waals surface area contributed by atoms with Gasteiger partial charge in [0.25, 0.3) is 0 Å². The predicted molar refractivity (Wildman–Crippen MR) is 63.5 cm³/mol. The molecule has 0 bridgehead atoms. The summed E-state index contributed by atoms with van der Waals surface area (Å²) in [7, 11) is 0. The van der Waals surface area contributed by atoms with E-state index in [4.69, 9.17) is 5.73 Å². The lowest BCUT2D eigenvalue weighted by molar-refractivity contribution is 0.243. The summed E-state index contributed by atoms with van der Waals surface area (Å²) in [5, 5.41) is 0. The molecule has 2 atom stereocenters. The third-order valence-corrected chi connectivity index (χ3v) is 3.35. The zero-order chi connectivity index (χ0) is 11.5. The van der Waals surface area contributed by atoms with Gasteiger partial charge in [0, 0.05) is 19.1 Å². The van der Waals surface area contributed by atoms with Crippen molar-refractivity contribution in [1.29, 1.82) is 0 Å². The number of hydrogen-bond donors (Lipinski definition) is 1. The summed E-state index contributed by atoms with van der Waals surface area (Å²) in [6.07, 6.45) is 1.21. The van der Waals surface area contributed by atoms with Gasteiger partial charge in [0.1, 0.15) is 5.82 Å². The molecule has 0 saturated carbocycles. The van der Waals surface area contributed by atoms with Crippen LogP contribution in [0.25, 0.3) is 0 Å². The first-order valence-corrected chi connectivity index (χ1v) is 5.90. The van der Waals surface area contributed by atoms with Crippen LogP contribution in [0, 0.1) is 11.7 Å². The first-order valence-electron chi connectivity index (χ1n) is 5.90. The number of nitrogens with zero attached hydrogens (tertiary/aromatic N) is 1. The van der Waals surface area contributed by atoms with E-state index < -0.39 is 0 Å². The van der Waals surface area contributed by atoms with Gasteiger partial charge in [-0.05, 0) is 36.6 Å². The summed E-state index contributed by atoms with van der Waals surface area (Å²) in [4.78, 5) is 2.36. The molecule has 0 aliphatic carbocycles. The van der Waals surface area contributed by atoms with Crippen molar-refractivity contribution < 1.29 is 4.39 Å². The van der Waals surface area contributed by atoms with Crippen molar-refractivity contribution in [2.45, 2.75) is 19.4 Å². The lowest BCUT2D eigenvalue weighted by Gasteiger charge is -2.27. The van der Waals surface area contributed by atoms with Crippen molar-refractivity contribution in [3.05, 3.63) is 35.6 Å². The fourth-order valence-corrected chi connectivity index (χ4v) is 2.46. The molecular formula is C13H19FN2. The van der Waals surface area contributed by atoms with E-state index in [0.29, 0.717) is 6.54 Å². The van der Waals surface area contributed by atoms with Gasteiger partial charge in [-0.15, -0.1) is 0 Å². The van der Waals surface area contributed by atoms with Gasteiger partial charge >= 0.3 is 0 Å². The normalized spacial score (nSPS) is 23.6. The lowest BCUT2D eigenvalue weighted by Crippen LogP contribution is -2.32. The van der Waals surface area contributed by atoms with Crippen LogP contribution in [-0.4, -0.2) is 24.5 Å². The summed E-state index contributed by atoms with van der Waals surface area (Å²) < 4.78 is 13.2. The molecule has 16 heavy (non-hydrogen) atoms. The van der Waals surface area contributed by atoms with Crippen molar-refractivity contribution in [2.24, 2.45) is 11.7 Å². The minimum atomic E-state index is -0.178. The molecule has 1 saturated heterocycles. The minimum Gasteiger partial charge on any atom is -0.329 e. The largest absolute Gasteiger partial charge is 0.329 e. The molecule has 1 heterocycles. The topological polar surface area (TPSA) is 29.3 Å². The predicted octanol–water partition coefficient (Wildman–Crippen LogP) is 2.17. The van der Waals surface area contributed by atoms with E-state index in [-0.39, 0.29) is 11.9 Å². The second kappa shape index (κ2) is 4.93. The molecule has 2 rings (SSSR count). The molecule has 2 N–H and O–H groups in total. The van der Waals surface area contributed by atoms with Crippen LogP contribution in [-0.2, 0) is 0 Å². The van der Waals surface area contributed by atoms with Crippen LogP contribution in [0.4, 0.5) is 4.39 Å². The molecule has 0 spiro atoms. The second-order valence-corrected chi connectivity index (χ2v) is 4.70. The zero-order valence-corrected chi connectivity index (χ0v) is 9.70. The fraction of sp³-hybridized carbons (Fsp3) is 0.538. The molecule has 3 heteroatoms. The van der Waals surface area contributed by atoms with Gasteiger partial charge in [-0.25, -0.2) is 4.39 Å². The third kappa shape index (κ3) is 2.42. The van der Waals surface area contributed by atoms with E-state index in [1.54, 1.807) is 12.1 Å². The zero-order valence-electron chi connectivity index (χ0n) is 9.70. The smallest absolute Gasteiger partial charge is 0.123 e. The Labute approximate surface area is 96.2 Å². The molecule has 2 unspecified atom stereocenters. The highest BCUT2D eigenvalue weighted by molar-refractivity contribution is 5.21. The van der Waals surface area contributed by atoms with Crippen LogP contribution in [0.5, 0.6) is 0 Å². The highest BCUT2D eigenvalue weighted by atomic mass is 19.1. The second-order valence-electron chi connectivity index (χ2n) is 4.70. The van der Waals surface area contributed by atoms with Crippen LogP contribution in [0.2, 0.25) is 0 Å². The average Bonchev–Trinajstić information content (AvgIpc) is 2.66. The molecule has 1 aliphatic rings. The molecule has 1 aromatic carbocycles. The van der Waals surface area contributed by atoms with Crippen LogP contribution in [0.1, 0.15) is 24.9 Å². The number of benzene rings is 1. The first-order chi connectivity index (χ1) is 7.70. The van der Waals surface area contributed by atoms with Crippen LogP contribution < -0.4 is 5.73 Å². The van der Waals surface area contributed by atoms with E-state index in [9.17, 15) is 4.39 Å². The van der Waals surface area contributed by atoms with E-state index >= 15 is 0 Å². The van der Waals surface area contributed by atoms with Gasteiger partial charge in [0.2, 0.25) is 0 Å². The van der Waals surface area contributed by atoms with E-state index in [0.717, 1.165) is 24.6 Å². The Balaban J connectivity index is 2.16. The minimum absolute atomic E-state index is 0.167. The lowest BCUT2D eigenvalue weighted by atomic mass is 10.1. The maximum atomic E-state index is 13.2. The molecule has 1 aromatic rings. The van der Waals surface area contributed by atoms with Crippen molar-refractivity contribution >= 4 is 0 Å². The molecule has 0 aromatic heterocycles. The Kier molecular flexibility index (Phi) is 3.56. The maximum absolute atomic E-state index is 13.2. The van der Waals surface area contributed by atoms with Crippen LogP contribution in [0.15, 0.2) is 24.3 Å². The summed E-state index contributed by atoms with van der Waals surface area (Å²) in [6, 6.07) is 6.96. The SMILES string of the molecule is CC1CCN(C(CN)c2cccc(F)c2)C1. The summed E-state index contributed by atoms with van der Waals surface area (Å²) in [5.41, 5.74) is 6.81. The number of likely N-dealkylation sites (tertiary alicyclic amines) is 1. The maximum Gasteiger partial charge on any atom is 0.123 e. The number of hydrogen-bond acceptors (Lipinski definition) is 2. The Hall–Kier alpha value is -0.930. The molecule has 1 fully saturated rings. The van der Waals surface area contributed by atoms with Crippen molar-refractivity contribution in [2.75, 3.05) is 19.6 Å². The summed E-state index contributed by atoms with van der Waals surface area (Å²) >= 11 is 0. The molecule has 2 nitrogen and oxygen atoms in total. The highest BCUT2D eigenvalue weighted by Crippen LogP contribution is 2.26. The number of nitrogens with two attached hydrogens (primary N) is 1. The van der Waals surface area contributed by atoms with Gasteiger partial charge in [0.15, 0.2) is 0 Å². The third-order valence-electron chi connectivity index (χ3n) is 3.35. The highest BCUT2D eigenvalue weighted by Gasteiger charge is 2.26. The average molecular weight is 222 g/mol.